The molecule has 0 aliphatic heterocycles. The van der Waals surface area contributed by atoms with E-state index in [2.05, 4.69) is 15.4 Å². The Hall–Kier alpha value is -1.62. The molecule has 2 heterocycles. The summed E-state index contributed by atoms with van der Waals surface area (Å²) in [6.07, 6.45) is 5.48. The molecule has 0 aliphatic carbocycles. The maximum atomic E-state index is 5.72. The quantitative estimate of drug-likeness (QED) is 0.797. The molecular weight excluding hydrogens is 216 g/mol. The molecule has 0 atom stereocenters. The van der Waals surface area contributed by atoms with E-state index in [1.807, 2.05) is 31.9 Å². The summed E-state index contributed by atoms with van der Waals surface area (Å²) in [5.74, 6) is 1.59. The van der Waals surface area contributed by atoms with Crippen LogP contribution in [-0.4, -0.2) is 28.4 Å². The van der Waals surface area contributed by atoms with Gasteiger partial charge in [-0.15, -0.1) is 0 Å². The van der Waals surface area contributed by atoms with Crippen molar-refractivity contribution in [1.29, 1.82) is 0 Å². The van der Waals surface area contributed by atoms with E-state index in [4.69, 9.17) is 4.42 Å². The Morgan fingerprint density at radius 2 is 2.24 bits per heavy atom. The van der Waals surface area contributed by atoms with Gasteiger partial charge < -0.3 is 9.73 Å². The van der Waals surface area contributed by atoms with Gasteiger partial charge >= 0.3 is 0 Å². The lowest BCUT2D eigenvalue weighted by Crippen LogP contribution is -2.08. The number of oxazole rings is 1. The molecule has 2 aromatic rings. The minimum absolute atomic E-state index is 0.790. The molecule has 0 aliphatic rings. The third kappa shape index (κ3) is 2.55. The summed E-state index contributed by atoms with van der Waals surface area (Å²) in [6.45, 7) is 3.00. The molecule has 0 saturated heterocycles. The van der Waals surface area contributed by atoms with Gasteiger partial charge in [-0.3, -0.25) is 4.68 Å². The lowest BCUT2D eigenvalue weighted by Gasteiger charge is -1.97. The van der Waals surface area contributed by atoms with E-state index in [9.17, 15) is 0 Å². The first kappa shape index (κ1) is 11.9. The Labute approximate surface area is 101 Å². The predicted molar refractivity (Wildman–Crippen MR) is 65.7 cm³/mol. The number of aromatic nitrogens is 3. The molecule has 5 heteroatoms. The van der Waals surface area contributed by atoms with E-state index in [1.54, 1.807) is 6.20 Å². The second-order valence-electron chi connectivity index (χ2n) is 4.09. The molecule has 0 aromatic carbocycles. The lowest BCUT2D eigenvalue weighted by molar-refractivity contribution is 0.495. The van der Waals surface area contributed by atoms with E-state index in [0.29, 0.717) is 0 Å². The van der Waals surface area contributed by atoms with Gasteiger partial charge in [0, 0.05) is 19.2 Å². The molecular formula is C12H18N4O. The summed E-state index contributed by atoms with van der Waals surface area (Å²) in [4.78, 5) is 4.28. The van der Waals surface area contributed by atoms with Crippen molar-refractivity contribution >= 4 is 0 Å². The second-order valence-corrected chi connectivity index (χ2v) is 4.09. The monoisotopic (exact) mass is 234 g/mol. The summed E-state index contributed by atoms with van der Waals surface area (Å²) < 4.78 is 7.55. The first-order valence-corrected chi connectivity index (χ1v) is 5.80. The van der Waals surface area contributed by atoms with Crippen molar-refractivity contribution in [2.75, 3.05) is 13.6 Å². The number of hydrogen-bond donors (Lipinski definition) is 1. The Morgan fingerprint density at radius 1 is 1.41 bits per heavy atom. The van der Waals surface area contributed by atoms with Gasteiger partial charge in [0.05, 0.1) is 18.0 Å². The van der Waals surface area contributed by atoms with Gasteiger partial charge in [0.15, 0.2) is 11.7 Å². The maximum absolute atomic E-state index is 5.72. The van der Waals surface area contributed by atoms with Crippen LogP contribution in [0.2, 0.25) is 0 Å². The average Bonchev–Trinajstić information content (AvgIpc) is 2.89. The number of nitrogens with zero attached hydrogens (tertiary/aromatic N) is 3. The molecule has 17 heavy (non-hydrogen) atoms. The summed E-state index contributed by atoms with van der Waals surface area (Å²) in [6, 6.07) is 0. The van der Waals surface area contributed by atoms with Crippen LogP contribution in [0, 0.1) is 6.92 Å². The second kappa shape index (κ2) is 5.14. The van der Waals surface area contributed by atoms with Crippen LogP contribution in [0.5, 0.6) is 0 Å². The van der Waals surface area contributed by atoms with Gasteiger partial charge in [-0.25, -0.2) is 4.98 Å². The maximum Gasteiger partial charge on any atom is 0.194 e. The van der Waals surface area contributed by atoms with Crippen LogP contribution < -0.4 is 5.32 Å². The van der Waals surface area contributed by atoms with E-state index in [-0.39, 0.29) is 0 Å². The van der Waals surface area contributed by atoms with Crippen LogP contribution >= 0.6 is 0 Å². The van der Waals surface area contributed by atoms with Crippen LogP contribution in [-0.2, 0) is 13.5 Å². The smallest absolute Gasteiger partial charge is 0.194 e. The molecule has 0 fully saturated rings. The summed E-state index contributed by atoms with van der Waals surface area (Å²) in [7, 11) is 3.86. The van der Waals surface area contributed by atoms with Crippen molar-refractivity contribution < 1.29 is 4.42 Å². The van der Waals surface area contributed by atoms with Gasteiger partial charge in [-0.2, -0.15) is 5.10 Å². The fraction of sp³-hybridized carbons (Fsp3) is 0.500. The van der Waals surface area contributed by atoms with Crippen LogP contribution in [0.15, 0.2) is 16.8 Å². The first-order chi connectivity index (χ1) is 8.22. The highest BCUT2D eigenvalue weighted by atomic mass is 16.4. The number of rotatable bonds is 5. The lowest BCUT2D eigenvalue weighted by atomic mass is 10.2. The van der Waals surface area contributed by atoms with Crippen LogP contribution in [0.4, 0.5) is 0 Å². The molecule has 0 radical (unpaired) electrons. The van der Waals surface area contributed by atoms with Gasteiger partial charge in [-0.1, -0.05) is 0 Å². The minimum Gasteiger partial charge on any atom is -0.441 e. The van der Waals surface area contributed by atoms with Gasteiger partial charge in [0.25, 0.3) is 0 Å². The topological polar surface area (TPSA) is 55.9 Å². The average molecular weight is 234 g/mol. The summed E-state index contributed by atoms with van der Waals surface area (Å²) >= 11 is 0. The molecule has 0 unspecified atom stereocenters. The van der Waals surface area contributed by atoms with Crippen molar-refractivity contribution in [3.8, 4) is 11.3 Å². The Morgan fingerprint density at radius 3 is 2.88 bits per heavy atom. The normalized spacial score (nSPS) is 11.0. The zero-order valence-electron chi connectivity index (χ0n) is 10.5. The number of hydrogen-bond acceptors (Lipinski definition) is 4. The molecule has 1 N–H and O–H groups in total. The van der Waals surface area contributed by atoms with Gasteiger partial charge in [0.2, 0.25) is 0 Å². The highest BCUT2D eigenvalue weighted by Gasteiger charge is 2.11. The van der Waals surface area contributed by atoms with E-state index in [1.165, 1.54) is 0 Å². The molecule has 5 nitrogen and oxygen atoms in total. The molecule has 92 valence electrons. The Balaban J connectivity index is 2.10. The standard InChI is InChI=1S/C12H18N4O/c1-9-10(7-15-16(9)3)11-8-14-12(17-11)5-4-6-13-2/h7-8,13H,4-6H2,1-3H3. The Kier molecular flexibility index (Phi) is 3.58. The fourth-order valence-corrected chi connectivity index (χ4v) is 1.71. The van der Waals surface area contributed by atoms with Gasteiger partial charge in [-0.05, 0) is 26.9 Å². The van der Waals surface area contributed by atoms with E-state index in [0.717, 1.165) is 42.3 Å². The van der Waals surface area contributed by atoms with Gasteiger partial charge in [0.1, 0.15) is 0 Å². The van der Waals surface area contributed by atoms with Crippen molar-refractivity contribution in [2.45, 2.75) is 19.8 Å². The van der Waals surface area contributed by atoms with Crippen LogP contribution in [0.25, 0.3) is 11.3 Å². The van der Waals surface area contributed by atoms with Crippen molar-refractivity contribution in [2.24, 2.45) is 7.05 Å². The Bertz CT molecular complexity index is 486. The number of nitrogens with one attached hydrogen (secondary N) is 1. The molecule has 0 saturated carbocycles. The SMILES string of the molecule is CNCCCc1ncc(-c2cnn(C)c2C)o1. The zero-order chi connectivity index (χ0) is 12.3. The molecule has 0 amide bonds. The van der Waals surface area contributed by atoms with E-state index >= 15 is 0 Å². The van der Waals surface area contributed by atoms with Crippen LogP contribution in [0.1, 0.15) is 18.0 Å². The molecule has 2 rings (SSSR count). The molecule has 2 aromatic heterocycles. The summed E-state index contributed by atoms with van der Waals surface area (Å²) in [5.41, 5.74) is 2.10. The van der Waals surface area contributed by atoms with Crippen LogP contribution in [0.3, 0.4) is 0 Å². The zero-order valence-corrected chi connectivity index (χ0v) is 10.5. The minimum atomic E-state index is 0.790. The highest BCUT2D eigenvalue weighted by Crippen LogP contribution is 2.23. The largest absolute Gasteiger partial charge is 0.441 e. The van der Waals surface area contributed by atoms with Crippen molar-refractivity contribution in [3.05, 3.63) is 24.0 Å². The molecule has 0 spiro atoms. The third-order valence-corrected chi connectivity index (χ3v) is 2.87. The highest BCUT2D eigenvalue weighted by molar-refractivity contribution is 5.58. The van der Waals surface area contributed by atoms with Crippen molar-refractivity contribution in [1.82, 2.24) is 20.1 Å². The molecule has 0 bridgehead atoms. The van der Waals surface area contributed by atoms with E-state index < -0.39 is 0 Å². The predicted octanol–water partition coefficient (Wildman–Crippen LogP) is 1.54. The summed E-state index contributed by atoms with van der Waals surface area (Å²) in [5, 5.41) is 7.30. The first-order valence-electron chi connectivity index (χ1n) is 5.80. The third-order valence-electron chi connectivity index (χ3n) is 2.87. The number of aryl methyl sites for hydroxylation is 2. The van der Waals surface area contributed by atoms with Crippen molar-refractivity contribution in [3.63, 3.8) is 0 Å². The fourth-order valence-electron chi connectivity index (χ4n) is 1.71.